The minimum absolute atomic E-state index is 0.0256. The van der Waals surface area contributed by atoms with Gasteiger partial charge in [-0.1, -0.05) is 18.2 Å². The Morgan fingerprint density at radius 1 is 1.15 bits per heavy atom. The van der Waals surface area contributed by atoms with Crippen LogP contribution in [0.15, 0.2) is 34.9 Å². The van der Waals surface area contributed by atoms with Gasteiger partial charge in [0.25, 0.3) is 0 Å². The van der Waals surface area contributed by atoms with E-state index in [1.165, 1.54) is 18.2 Å². The van der Waals surface area contributed by atoms with Crippen molar-refractivity contribution in [2.45, 2.75) is 19.6 Å². The van der Waals surface area contributed by atoms with Crippen LogP contribution in [0.5, 0.6) is 0 Å². The van der Waals surface area contributed by atoms with Gasteiger partial charge in [-0.05, 0) is 26.2 Å². The van der Waals surface area contributed by atoms with E-state index in [1.54, 1.807) is 32.2 Å². The van der Waals surface area contributed by atoms with Crippen LogP contribution in [-0.4, -0.2) is 59.0 Å². The van der Waals surface area contributed by atoms with Gasteiger partial charge >= 0.3 is 13.6 Å². The summed E-state index contributed by atoms with van der Waals surface area (Å²) in [6.07, 6.45) is 1.60. The van der Waals surface area contributed by atoms with Crippen LogP contribution in [0.1, 0.15) is 25.2 Å². The first kappa shape index (κ1) is 29.1. The third kappa shape index (κ3) is 9.08. The number of halogens is 1. The largest absolute Gasteiger partial charge is 0.465 e. The molecule has 1 rings (SSSR count). The Balaban J connectivity index is 3.49. The van der Waals surface area contributed by atoms with Crippen LogP contribution in [-0.2, 0) is 32.6 Å². The minimum Gasteiger partial charge on any atom is -0.465 e. The second-order valence-corrected chi connectivity index (χ2v) is 9.11. The number of methoxy groups -OCH3 is 1. The molecule has 0 aliphatic rings. The molecule has 0 heterocycles. The predicted octanol–water partition coefficient (Wildman–Crippen LogP) is 3.98. The number of rotatable bonds is 16. The first-order chi connectivity index (χ1) is 15.9. The fraction of sp³-hybridized carbons (Fsp3) is 0.524. The summed E-state index contributed by atoms with van der Waals surface area (Å²) in [7, 11) is -3.01. The molecule has 1 aromatic rings. The summed E-state index contributed by atoms with van der Waals surface area (Å²) in [6.45, 7) is 4.54. The number of benzene rings is 1. The average molecular weight is 505 g/mol. The van der Waals surface area contributed by atoms with Crippen molar-refractivity contribution in [3.63, 3.8) is 0 Å². The van der Waals surface area contributed by atoms with Crippen molar-refractivity contribution in [2.75, 3.05) is 53.0 Å². The summed E-state index contributed by atoms with van der Waals surface area (Å²) in [4.78, 5) is 12.1. The molecule has 1 atom stereocenters. The number of ether oxygens (including phenoxy) is 3. The summed E-state index contributed by atoms with van der Waals surface area (Å²) in [5.74, 6) is -2.95. The molecule has 0 amide bonds. The monoisotopic (exact) mass is 504 g/mol. The smallest absolute Gasteiger partial charge is 0.357 e. The van der Waals surface area contributed by atoms with Gasteiger partial charge in [-0.15, -0.1) is 11.8 Å². The van der Waals surface area contributed by atoms with Gasteiger partial charge in [0.2, 0.25) is 0 Å². The topological polar surface area (TPSA) is 116 Å². The molecule has 12 heteroatoms. The number of esters is 1. The highest BCUT2D eigenvalue weighted by molar-refractivity contribution is 8.02. The van der Waals surface area contributed by atoms with Crippen LogP contribution in [0.4, 0.5) is 4.39 Å². The van der Waals surface area contributed by atoms with Crippen molar-refractivity contribution in [1.82, 2.24) is 5.32 Å². The maximum absolute atomic E-state index is 14.8. The number of nitrogens with zero attached hydrogens (tertiary/aromatic N) is 1. The van der Waals surface area contributed by atoms with Gasteiger partial charge in [-0.25, -0.2) is 9.18 Å². The molecule has 33 heavy (non-hydrogen) atoms. The van der Waals surface area contributed by atoms with E-state index in [2.05, 4.69) is 10.1 Å². The van der Waals surface area contributed by atoms with E-state index in [4.69, 9.17) is 18.5 Å². The first-order valence-corrected chi connectivity index (χ1v) is 13.0. The van der Waals surface area contributed by atoms with Gasteiger partial charge in [0.05, 0.1) is 38.6 Å². The Morgan fingerprint density at radius 2 is 1.73 bits per heavy atom. The number of hydrogen-bond donors (Lipinski definition) is 1. The molecule has 0 aromatic heterocycles. The molecular formula is C21H30FN2O7PS. The van der Waals surface area contributed by atoms with Gasteiger partial charge in [0.1, 0.15) is 11.9 Å². The molecule has 184 valence electrons. The predicted molar refractivity (Wildman–Crippen MR) is 123 cm³/mol. The molecule has 0 saturated carbocycles. The van der Waals surface area contributed by atoms with Crippen LogP contribution >= 0.6 is 19.4 Å². The van der Waals surface area contributed by atoms with Crippen LogP contribution in [0.2, 0.25) is 0 Å². The van der Waals surface area contributed by atoms with E-state index in [9.17, 15) is 19.0 Å². The molecule has 0 aliphatic heterocycles. The molecule has 9 nitrogen and oxygen atoms in total. The summed E-state index contributed by atoms with van der Waals surface area (Å²) < 4.78 is 55.2. The lowest BCUT2D eigenvalue weighted by molar-refractivity contribution is -0.135. The van der Waals surface area contributed by atoms with Gasteiger partial charge in [-0.3, -0.25) is 4.57 Å². The third-order valence-electron chi connectivity index (χ3n) is 4.12. The zero-order chi connectivity index (χ0) is 24.7. The molecule has 0 spiro atoms. The Bertz CT molecular complexity index is 862. The van der Waals surface area contributed by atoms with Gasteiger partial charge in [0, 0.05) is 18.8 Å². The minimum atomic E-state index is -4.13. The number of carbonyl (C=O) groups is 1. The van der Waals surface area contributed by atoms with E-state index in [-0.39, 0.29) is 42.6 Å². The second kappa shape index (κ2) is 15.8. The quantitative estimate of drug-likeness (QED) is 0.116. The summed E-state index contributed by atoms with van der Waals surface area (Å²) >= 11 is 0.996. The third-order valence-corrected chi connectivity index (χ3v) is 6.98. The summed E-state index contributed by atoms with van der Waals surface area (Å²) in [5.41, 5.74) is -0.385. The fourth-order valence-corrected chi connectivity index (χ4v) is 5.12. The Kier molecular flexibility index (Phi) is 14.0. The van der Waals surface area contributed by atoms with Crippen LogP contribution in [0.25, 0.3) is 0 Å². The van der Waals surface area contributed by atoms with E-state index in [0.29, 0.717) is 13.2 Å². The maximum Gasteiger partial charge on any atom is 0.357 e. The molecule has 1 aromatic carbocycles. The molecule has 0 radical (unpaired) electrons. The Hall–Kier alpha value is -1.93. The van der Waals surface area contributed by atoms with Gasteiger partial charge < -0.3 is 28.6 Å². The summed E-state index contributed by atoms with van der Waals surface area (Å²) in [6, 6.07) is 7.42. The molecule has 0 bridgehead atoms. The highest BCUT2D eigenvalue weighted by Crippen LogP contribution is 2.60. The van der Waals surface area contributed by atoms with Crippen molar-refractivity contribution >= 4 is 25.3 Å². The molecular weight excluding hydrogens is 474 g/mol. The number of carbonyl (C=O) groups excluding carboxylic acids is 1. The van der Waals surface area contributed by atoms with E-state index >= 15 is 0 Å². The van der Waals surface area contributed by atoms with Gasteiger partial charge in [0.15, 0.2) is 11.4 Å². The van der Waals surface area contributed by atoms with E-state index < -0.39 is 25.2 Å². The highest BCUT2D eigenvalue weighted by atomic mass is 32.2. The first-order valence-electron chi connectivity index (χ1n) is 10.2. The zero-order valence-electron chi connectivity index (χ0n) is 19.2. The van der Waals surface area contributed by atoms with E-state index in [1.807, 2.05) is 0 Å². The fourth-order valence-electron chi connectivity index (χ4n) is 2.59. The number of nitrogens with one attached hydrogen (secondary N) is 1. The van der Waals surface area contributed by atoms with Crippen molar-refractivity contribution < 1.29 is 37.0 Å². The average Bonchev–Trinajstić information content (AvgIpc) is 2.82. The van der Waals surface area contributed by atoms with Crippen LogP contribution < -0.4 is 5.32 Å². The molecule has 0 fully saturated rings. The van der Waals surface area contributed by atoms with Crippen molar-refractivity contribution in [1.29, 1.82) is 5.26 Å². The maximum atomic E-state index is 14.8. The SMILES string of the molecule is CCOCCOP(=O)(OCCOCC)C(N/C(SC)=C(/C#N)C(=O)OC)c1ccccc1F. The van der Waals surface area contributed by atoms with Crippen molar-refractivity contribution in [3.8, 4) is 6.07 Å². The number of nitriles is 1. The lowest BCUT2D eigenvalue weighted by atomic mass is 10.2. The van der Waals surface area contributed by atoms with Crippen LogP contribution in [0.3, 0.4) is 0 Å². The standard InChI is InChI=1S/C21H30FN2O7PS/c1-5-28-11-13-30-32(26,31-14-12-29-6-2)19(16-9-7-8-10-18(16)22)24-20(33-4)17(15-23)21(25)27-3/h7-10,19,24H,5-6,11-14H2,1-4H3/b20-17+. The molecule has 1 N–H and O–H groups in total. The second-order valence-electron chi connectivity index (χ2n) is 6.18. The normalized spacial score (nSPS) is 13.1. The lowest BCUT2D eigenvalue weighted by Gasteiger charge is -2.29. The Labute approximate surface area is 198 Å². The molecule has 0 saturated heterocycles. The van der Waals surface area contributed by atoms with Crippen LogP contribution in [0, 0.1) is 17.1 Å². The highest BCUT2D eigenvalue weighted by Gasteiger charge is 2.40. The molecule has 0 aliphatic carbocycles. The Morgan fingerprint density at radius 3 is 2.18 bits per heavy atom. The number of thioether (sulfide) groups is 1. The summed E-state index contributed by atoms with van der Waals surface area (Å²) in [5, 5.41) is 12.3. The van der Waals surface area contributed by atoms with Crippen molar-refractivity contribution in [2.24, 2.45) is 0 Å². The van der Waals surface area contributed by atoms with Crippen molar-refractivity contribution in [3.05, 3.63) is 46.2 Å². The molecule has 1 unspecified atom stereocenters. The van der Waals surface area contributed by atoms with Gasteiger partial charge in [-0.2, -0.15) is 5.26 Å². The zero-order valence-corrected chi connectivity index (χ0v) is 20.9. The number of hydrogen-bond acceptors (Lipinski definition) is 10. The lowest BCUT2D eigenvalue weighted by Crippen LogP contribution is -2.26. The van der Waals surface area contributed by atoms with E-state index in [0.717, 1.165) is 18.9 Å².